The third-order valence-electron chi connectivity index (χ3n) is 4.81. The monoisotopic (exact) mass is 406 g/mol. The molecule has 30 heavy (non-hydrogen) atoms. The number of aryl methyl sites for hydroxylation is 2. The molecule has 1 unspecified atom stereocenters. The molecule has 1 heterocycles. The number of urea groups is 1. The smallest absolute Gasteiger partial charge is 0.315 e. The van der Waals surface area contributed by atoms with E-state index in [1.165, 1.54) is 5.56 Å². The second-order valence-electron chi connectivity index (χ2n) is 7.58. The van der Waals surface area contributed by atoms with E-state index in [0.29, 0.717) is 13.2 Å². The van der Waals surface area contributed by atoms with Gasteiger partial charge in [0.1, 0.15) is 12.4 Å². The second-order valence-corrected chi connectivity index (χ2v) is 7.58. The lowest BCUT2D eigenvalue weighted by atomic mass is 10.1. The van der Waals surface area contributed by atoms with Crippen LogP contribution in [0.3, 0.4) is 0 Å². The van der Waals surface area contributed by atoms with Crippen LogP contribution in [0.1, 0.15) is 30.0 Å². The maximum Gasteiger partial charge on any atom is 0.315 e. The number of ether oxygens (including phenoxy) is 1. The highest BCUT2D eigenvalue weighted by molar-refractivity contribution is 5.74. The lowest BCUT2D eigenvalue weighted by Crippen LogP contribution is -2.42. The Balaban J connectivity index is 1.34. The van der Waals surface area contributed by atoms with Crippen molar-refractivity contribution in [3.8, 4) is 5.75 Å². The molecule has 0 spiro atoms. The Morgan fingerprint density at radius 2 is 1.83 bits per heavy atom. The number of aromatic nitrogens is 2. The highest BCUT2D eigenvalue weighted by Crippen LogP contribution is 2.15. The summed E-state index contributed by atoms with van der Waals surface area (Å²) < 4.78 is 7.85. The van der Waals surface area contributed by atoms with Gasteiger partial charge in [-0.1, -0.05) is 42.0 Å². The molecule has 1 aromatic heterocycles. The number of nitrogens with one attached hydrogen (secondary N) is 2. The first kappa shape index (κ1) is 21.4. The molecule has 2 aromatic carbocycles. The van der Waals surface area contributed by atoms with E-state index in [9.17, 15) is 4.79 Å². The minimum atomic E-state index is -0.133. The van der Waals surface area contributed by atoms with E-state index in [-0.39, 0.29) is 12.1 Å². The van der Waals surface area contributed by atoms with Crippen molar-refractivity contribution in [1.29, 1.82) is 0 Å². The van der Waals surface area contributed by atoms with Crippen LogP contribution in [0.25, 0.3) is 0 Å². The Kier molecular flexibility index (Phi) is 7.89. The Hall–Kier alpha value is -3.28. The summed E-state index contributed by atoms with van der Waals surface area (Å²) in [4.78, 5) is 16.0. The van der Waals surface area contributed by atoms with Crippen molar-refractivity contribution >= 4 is 6.03 Å². The van der Waals surface area contributed by atoms with Crippen LogP contribution in [0.15, 0.2) is 67.3 Å². The first-order valence-corrected chi connectivity index (χ1v) is 10.4. The molecular weight excluding hydrogens is 376 g/mol. The van der Waals surface area contributed by atoms with Crippen molar-refractivity contribution in [2.45, 2.75) is 45.9 Å². The summed E-state index contributed by atoms with van der Waals surface area (Å²) in [6.45, 7) is 6.11. The highest BCUT2D eigenvalue weighted by Gasteiger charge is 2.08. The summed E-state index contributed by atoms with van der Waals surface area (Å²) >= 11 is 0. The topological polar surface area (TPSA) is 68.2 Å². The van der Waals surface area contributed by atoms with E-state index >= 15 is 0 Å². The molecule has 2 N–H and O–H groups in total. The van der Waals surface area contributed by atoms with Crippen LogP contribution >= 0.6 is 0 Å². The third-order valence-corrected chi connectivity index (χ3v) is 4.81. The predicted molar refractivity (Wildman–Crippen MR) is 118 cm³/mol. The van der Waals surface area contributed by atoms with E-state index in [2.05, 4.69) is 46.8 Å². The Morgan fingerprint density at radius 3 is 2.53 bits per heavy atom. The number of amides is 2. The first-order chi connectivity index (χ1) is 14.6. The summed E-state index contributed by atoms with van der Waals surface area (Å²) in [6.07, 6.45) is 7.08. The molecule has 6 nitrogen and oxygen atoms in total. The van der Waals surface area contributed by atoms with Gasteiger partial charge in [0, 0.05) is 31.5 Å². The molecule has 0 saturated carbocycles. The van der Waals surface area contributed by atoms with Crippen LogP contribution in [0.2, 0.25) is 0 Å². The third kappa shape index (κ3) is 7.28. The van der Waals surface area contributed by atoms with Gasteiger partial charge in [0.05, 0.1) is 6.33 Å². The van der Waals surface area contributed by atoms with E-state index in [4.69, 9.17) is 4.74 Å². The summed E-state index contributed by atoms with van der Waals surface area (Å²) in [7, 11) is 0. The number of hydrogen-bond acceptors (Lipinski definition) is 3. The zero-order valence-electron chi connectivity index (χ0n) is 17.7. The van der Waals surface area contributed by atoms with Gasteiger partial charge in [-0.2, -0.15) is 0 Å². The summed E-state index contributed by atoms with van der Waals surface area (Å²) in [5, 5.41) is 5.89. The zero-order valence-corrected chi connectivity index (χ0v) is 17.7. The van der Waals surface area contributed by atoms with Gasteiger partial charge in [0.25, 0.3) is 0 Å². The normalized spacial score (nSPS) is 11.7. The van der Waals surface area contributed by atoms with E-state index in [1.807, 2.05) is 42.0 Å². The average Bonchev–Trinajstić information content (AvgIpc) is 3.25. The van der Waals surface area contributed by atoms with Crippen LogP contribution < -0.4 is 15.4 Å². The van der Waals surface area contributed by atoms with Gasteiger partial charge in [-0.3, -0.25) is 0 Å². The molecule has 0 saturated heterocycles. The molecule has 0 fully saturated rings. The minimum Gasteiger partial charge on any atom is -0.489 e. The SMILES string of the molecule is Cc1ccc(COc2ccc(CC(C)NC(=O)NCCCn3ccnc3)cc2)cc1. The molecule has 1 atom stereocenters. The maximum absolute atomic E-state index is 12.0. The number of rotatable bonds is 10. The van der Waals surface area contributed by atoms with Crippen molar-refractivity contribution < 1.29 is 9.53 Å². The van der Waals surface area contributed by atoms with Gasteiger partial charge < -0.3 is 19.9 Å². The maximum atomic E-state index is 12.0. The molecule has 3 rings (SSSR count). The van der Waals surface area contributed by atoms with Crippen molar-refractivity contribution in [2.75, 3.05) is 6.54 Å². The molecule has 158 valence electrons. The lowest BCUT2D eigenvalue weighted by molar-refractivity contribution is 0.237. The standard InChI is InChI=1S/C24H30N4O2/c1-19-4-6-22(7-5-19)17-30-23-10-8-21(9-11-23)16-20(2)27-24(29)26-12-3-14-28-15-13-25-18-28/h4-11,13,15,18,20H,3,12,14,16-17H2,1-2H3,(H2,26,27,29). The van der Waals surface area contributed by atoms with Crippen molar-refractivity contribution in [3.05, 3.63) is 83.9 Å². The number of benzene rings is 2. The molecule has 3 aromatic rings. The van der Waals surface area contributed by atoms with Gasteiger partial charge in [-0.05, 0) is 49.9 Å². The second kappa shape index (κ2) is 11.0. The molecule has 0 bridgehead atoms. The average molecular weight is 407 g/mol. The molecule has 0 radical (unpaired) electrons. The Morgan fingerprint density at radius 1 is 1.10 bits per heavy atom. The number of carbonyl (C=O) groups is 1. The summed E-state index contributed by atoms with van der Waals surface area (Å²) in [5.74, 6) is 0.843. The van der Waals surface area contributed by atoms with Crippen LogP contribution in [0.5, 0.6) is 5.75 Å². The van der Waals surface area contributed by atoms with Gasteiger partial charge in [-0.15, -0.1) is 0 Å². The molecule has 0 aliphatic heterocycles. The van der Waals surface area contributed by atoms with Gasteiger partial charge >= 0.3 is 6.03 Å². The lowest BCUT2D eigenvalue weighted by Gasteiger charge is -2.15. The van der Waals surface area contributed by atoms with Crippen LogP contribution in [0, 0.1) is 6.92 Å². The minimum absolute atomic E-state index is 0.0398. The molecular formula is C24H30N4O2. The fourth-order valence-corrected chi connectivity index (χ4v) is 3.13. The van der Waals surface area contributed by atoms with Crippen molar-refractivity contribution in [1.82, 2.24) is 20.2 Å². The molecule has 6 heteroatoms. The van der Waals surface area contributed by atoms with Crippen LogP contribution in [-0.2, 0) is 19.6 Å². The number of nitrogens with zero attached hydrogens (tertiary/aromatic N) is 2. The quantitative estimate of drug-likeness (QED) is 0.498. The fourth-order valence-electron chi connectivity index (χ4n) is 3.13. The Bertz CT molecular complexity index is 890. The highest BCUT2D eigenvalue weighted by atomic mass is 16.5. The van der Waals surface area contributed by atoms with Gasteiger partial charge in [0.15, 0.2) is 0 Å². The number of carbonyl (C=O) groups excluding carboxylic acids is 1. The molecule has 0 aliphatic rings. The summed E-state index contributed by atoms with van der Waals surface area (Å²) in [6, 6.07) is 16.3. The van der Waals surface area contributed by atoms with E-state index in [0.717, 1.165) is 36.3 Å². The largest absolute Gasteiger partial charge is 0.489 e. The van der Waals surface area contributed by atoms with Crippen LogP contribution in [-0.4, -0.2) is 28.2 Å². The van der Waals surface area contributed by atoms with E-state index in [1.54, 1.807) is 12.5 Å². The summed E-state index contributed by atoms with van der Waals surface area (Å²) in [5.41, 5.74) is 3.55. The Labute approximate surface area is 178 Å². The zero-order chi connectivity index (χ0) is 21.2. The van der Waals surface area contributed by atoms with Crippen molar-refractivity contribution in [3.63, 3.8) is 0 Å². The fraction of sp³-hybridized carbons (Fsp3) is 0.333. The number of hydrogen-bond donors (Lipinski definition) is 2. The molecule has 0 aliphatic carbocycles. The van der Waals surface area contributed by atoms with Crippen LogP contribution in [0.4, 0.5) is 4.79 Å². The predicted octanol–water partition coefficient (Wildman–Crippen LogP) is 4.09. The molecule has 2 amide bonds. The van der Waals surface area contributed by atoms with E-state index < -0.39 is 0 Å². The number of imidazole rings is 1. The van der Waals surface area contributed by atoms with Gasteiger partial charge in [-0.25, -0.2) is 9.78 Å². The van der Waals surface area contributed by atoms with Gasteiger partial charge in [0.2, 0.25) is 0 Å². The first-order valence-electron chi connectivity index (χ1n) is 10.4. The van der Waals surface area contributed by atoms with Crippen molar-refractivity contribution in [2.24, 2.45) is 0 Å².